The smallest absolute Gasteiger partial charge is 0.326 e. The highest BCUT2D eigenvalue weighted by Gasteiger charge is 2.31. The Labute approximate surface area is 156 Å². The molecule has 2 aromatic rings. The Morgan fingerprint density at radius 2 is 1.67 bits per heavy atom. The molecule has 7 nitrogen and oxygen atoms in total. The van der Waals surface area contributed by atoms with Gasteiger partial charge in [0.25, 0.3) is 0 Å². The number of hydrogen-bond acceptors (Lipinski definition) is 5. The Balaban J connectivity index is 1.66. The summed E-state index contributed by atoms with van der Waals surface area (Å²) in [5.74, 6) is -1.90. The van der Waals surface area contributed by atoms with Gasteiger partial charge in [-0.3, -0.25) is 24.1 Å². The van der Waals surface area contributed by atoms with Gasteiger partial charge in [0.1, 0.15) is 6.54 Å². The zero-order valence-corrected chi connectivity index (χ0v) is 15.2. The average molecular weight is 368 g/mol. The molecule has 1 aromatic heterocycles. The van der Waals surface area contributed by atoms with Crippen LogP contribution in [0, 0.1) is 13.8 Å². The van der Waals surface area contributed by atoms with Crippen molar-refractivity contribution in [2.75, 3.05) is 13.2 Å². The summed E-state index contributed by atoms with van der Waals surface area (Å²) in [4.78, 5) is 48.3. The maximum absolute atomic E-state index is 12.5. The van der Waals surface area contributed by atoms with Gasteiger partial charge in [-0.15, -0.1) is 0 Å². The molecule has 7 heteroatoms. The molecule has 0 N–H and O–H groups in total. The van der Waals surface area contributed by atoms with Crippen molar-refractivity contribution in [3.8, 4) is 5.69 Å². The van der Waals surface area contributed by atoms with Crippen LogP contribution in [0.2, 0.25) is 0 Å². The van der Waals surface area contributed by atoms with Gasteiger partial charge in [0.15, 0.2) is 6.61 Å². The Bertz CT molecular complexity index is 898. The third-order valence-corrected chi connectivity index (χ3v) is 4.55. The van der Waals surface area contributed by atoms with Crippen LogP contribution in [0.25, 0.3) is 5.69 Å². The number of nitrogens with zero attached hydrogens (tertiary/aromatic N) is 2. The molecule has 0 spiro atoms. The highest BCUT2D eigenvalue weighted by Crippen LogP contribution is 2.21. The molecule has 0 atom stereocenters. The molecule has 1 fully saturated rings. The first-order valence-corrected chi connectivity index (χ1v) is 8.65. The molecular formula is C20H20N2O5. The van der Waals surface area contributed by atoms with Gasteiger partial charge in [0.2, 0.25) is 17.6 Å². The number of aromatic nitrogens is 1. The highest BCUT2D eigenvalue weighted by atomic mass is 16.5. The van der Waals surface area contributed by atoms with Crippen LogP contribution < -0.4 is 0 Å². The van der Waals surface area contributed by atoms with E-state index >= 15 is 0 Å². The number of Topliss-reactive ketones (excluding diaryl/α,β-unsaturated/α-hetero) is 1. The number of amides is 2. The lowest BCUT2D eigenvalue weighted by Crippen LogP contribution is -2.35. The zero-order valence-electron chi connectivity index (χ0n) is 15.2. The van der Waals surface area contributed by atoms with Crippen LogP contribution in [-0.2, 0) is 19.1 Å². The van der Waals surface area contributed by atoms with E-state index in [9.17, 15) is 19.2 Å². The van der Waals surface area contributed by atoms with Crippen molar-refractivity contribution in [1.82, 2.24) is 9.47 Å². The number of carbonyl (C=O) groups excluding carboxylic acids is 4. The molecule has 3 rings (SSSR count). The molecule has 0 aliphatic carbocycles. The molecule has 0 radical (unpaired) electrons. The van der Waals surface area contributed by atoms with Gasteiger partial charge in [-0.05, 0) is 32.0 Å². The van der Waals surface area contributed by atoms with E-state index in [1.807, 2.05) is 48.7 Å². The first-order valence-electron chi connectivity index (χ1n) is 8.65. The molecule has 0 bridgehead atoms. The molecular weight excluding hydrogens is 348 g/mol. The number of para-hydroxylation sites is 1. The lowest BCUT2D eigenvalue weighted by Gasteiger charge is -2.12. The minimum absolute atomic E-state index is 0.108. The van der Waals surface area contributed by atoms with Crippen LogP contribution in [-0.4, -0.2) is 46.2 Å². The van der Waals surface area contributed by atoms with E-state index in [2.05, 4.69) is 0 Å². The molecule has 1 aliphatic heterocycles. The Morgan fingerprint density at radius 1 is 1.04 bits per heavy atom. The summed E-state index contributed by atoms with van der Waals surface area (Å²) in [6.45, 7) is 2.84. The highest BCUT2D eigenvalue weighted by molar-refractivity contribution is 6.04. The molecule has 1 aliphatic rings. The van der Waals surface area contributed by atoms with E-state index in [1.54, 1.807) is 6.07 Å². The fourth-order valence-corrected chi connectivity index (χ4v) is 3.22. The van der Waals surface area contributed by atoms with E-state index in [0.29, 0.717) is 5.56 Å². The predicted octanol–water partition coefficient (Wildman–Crippen LogP) is 1.97. The van der Waals surface area contributed by atoms with Gasteiger partial charge >= 0.3 is 5.97 Å². The van der Waals surface area contributed by atoms with Crippen molar-refractivity contribution in [2.45, 2.75) is 26.7 Å². The van der Waals surface area contributed by atoms with E-state index in [4.69, 9.17) is 4.74 Å². The van der Waals surface area contributed by atoms with Crippen LogP contribution >= 0.6 is 0 Å². The summed E-state index contributed by atoms with van der Waals surface area (Å²) in [6.07, 6.45) is 0.215. The van der Waals surface area contributed by atoms with Crippen molar-refractivity contribution < 1.29 is 23.9 Å². The number of benzene rings is 1. The van der Waals surface area contributed by atoms with Gasteiger partial charge in [0, 0.05) is 35.5 Å². The molecule has 27 heavy (non-hydrogen) atoms. The molecule has 1 saturated heterocycles. The van der Waals surface area contributed by atoms with Gasteiger partial charge in [-0.2, -0.15) is 0 Å². The maximum Gasteiger partial charge on any atom is 0.326 e. The quantitative estimate of drug-likeness (QED) is 0.442. The molecule has 1 aromatic carbocycles. The summed E-state index contributed by atoms with van der Waals surface area (Å²) in [5.41, 5.74) is 3.05. The van der Waals surface area contributed by atoms with Crippen molar-refractivity contribution in [1.29, 1.82) is 0 Å². The summed E-state index contributed by atoms with van der Waals surface area (Å²) in [5, 5.41) is 0. The summed E-state index contributed by atoms with van der Waals surface area (Å²) < 4.78 is 6.94. The second-order valence-corrected chi connectivity index (χ2v) is 6.41. The number of ketones is 1. The Morgan fingerprint density at radius 3 is 2.30 bits per heavy atom. The first kappa shape index (κ1) is 18.6. The monoisotopic (exact) mass is 368 g/mol. The van der Waals surface area contributed by atoms with Crippen LogP contribution in [0.1, 0.15) is 34.6 Å². The Hall–Kier alpha value is -3.22. The largest absolute Gasteiger partial charge is 0.456 e. The van der Waals surface area contributed by atoms with Gasteiger partial charge in [-0.1, -0.05) is 18.2 Å². The van der Waals surface area contributed by atoms with Crippen LogP contribution in [0.4, 0.5) is 0 Å². The summed E-state index contributed by atoms with van der Waals surface area (Å²) in [6, 6.07) is 11.4. The Kier molecular flexibility index (Phi) is 5.21. The molecule has 2 amide bonds. The van der Waals surface area contributed by atoms with Crippen molar-refractivity contribution in [3.05, 3.63) is 53.3 Å². The van der Waals surface area contributed by atoms with E-state index < -0.39 is 30.9 Å². The third-order valence-electron chi connectivity index (χ3n) is 4.55. The van der Waals surface area contributed by atoms with E-state index in [-0.39, 0.29) is 18.6 Å². The number of imide groups is 1. The van der Waals surface area contributed by atoms with Gasteiger partial charge < -0.3 is 9.30 Å². The summed E-state index contributed by atoms with van der Waals surface area (Å²) >= 11 is 0. The van der Waals surface area contributed by atoms with Crippen molar-refractivity contribution in [2.24, 2.45) is 0 Å². The van der Waals surface area contributed by atoms with E-state index in [1.165, 1.54) is 0 Å². The number of carbonyl (C=O) groups is 4. The first-order chi connectivity index (χ1) is 12.9. The maximum atomic E-state index is 12.5. The lowest BCUT2D eigenvalue weighted by atomic mass is 10.1. The molecule has 0 unspecified atom stereocenters. The lowest BCUT2D eigenvalue weighted by molar-refractivity contribution is -0.151. The van der Waals surface area contributed by atoms with Crippen LogP contribution in [0.15, 0.2) is 36.4 Å². The number of esters is 1. The minimum Gasteiger partial charge on any atom is -0.456 e. The van der Waals surface area contributed by atoms with Crippen molar-refractivity contribution in [3.63, 3.8) is 0 Å². The fraction of sp³-hybridized carbons (Fsp3) is 0.300. The topological polar surface area (TPSA) is 85.7 Å². The SMILES string of the molecule is Cc1cc(C(=O)COC(=O)CN2C(=O)CCC2=O)c(C)n1-c1ccccc1. The number of aryl methyl sites for hydroxylation is 1. The fourth-order valence-electron chi connectivity index (χ4n) is 3.22. The minimum atomic E-state index is -0.774. The van der Waals surface area contributed by atoms with Crippen molar-refractivity contribution >= 4 is 23.6 Å². The normalized spacial score (nSPS) is 13.9. The standard InChI is InChI=1S/C20H20N2O5/c1-13-10-16(14(2)22(13)15-6-4-3-5-7-15)17(23)12-27-20(26)11-21-18(24)8-9-19(21)25/h3-7,10H,8-9,11-12H2,1-2H3. The second kappa shape index (κ2) is 7.57. The number of rotatable bonds is 6. The van der Waals surface area contributed by atoms with Gasteiger partial charge in [0.05, 0.1) is 0 Å². The number of likely N-dealkylation sites (tertiary alicyclic amines) is 1. The molecule has 140 valence electrons. The van der Waals surface area contributed by atoms with Crippen LogP contribution in [0.3, 0.4) is 0 Å². The second-order valence-electron chi connectivity index (χ2n) is 6.41. The number of ether oxygens (including phenoxy) is 1. The van der Waals surface area contributed by atoms with E-state index in [0.717, 1.165) is 22.0 Å². The number of hydrogen-bond donors (Lipinski definition) is 0. The molecule has 0 saturated carbocycles. The van der Waals surface area contributed by atoms with Crippen LogP contribution in [0.5, 0.6) is 0 Å². The predicted molar refractivity (Wildman–Crippen MR) is 96.5 cm³/mol. The van der Waals surface area contributed by atoms with Gasteiger partial charge in [-0.25, -0.2) is 0 Å². The average Bonchev–Trinajstić information content (AvgIpc) is 3.13. The third kappa shape index (κ3) is 3.81. The summed E-state index contributed by atoms with van der Waals surface area (Å²) in [7, 11) is 0. The zero-order chi connectivity index (χ0) is 19.6. The molecule has 2 heterocycles.